The van der Waals surface area contributed by atoms with Crippen LogP contribution in [0.5, 0.6) is 0 Å². The van der Waals surface area contributed by atoms with Gasteiger partial charge in [0.2, 0.25) is 10.4 Å². The molecule has 0 saturated heterocycles. The zero-order valence-electron chi connectivity index (χ0n) is 17.3. The van der Waals surface area contributed by atoms with E-state index in [0.717, 1.165) is 43.4 Å². The van der Waals surface area contributed by atoms with Gasteiger partial charge in [0.25, 0.3) is 0 Å². The molecule has 0 rings (SSSR count). The van der Waals surface area contributed by atoms with Crippen molar-refractivity contribution in [1.29, 1.82) is 0 Å². The number of hydrogen-bond donors (Lipinski definition) is 4. The van der Waals surface area contributed by atoms with E-state index in [0.29, 0.717) is 26.2 Å². The molecule has 0 aromatic rings. The average Bonchev–Trinajstić information content (AvgIpc) is 2.61. The molecule has 10 nitrogen and oxygen atoms in total. The number of aliphatic hydroxyl groups is 4. The second kappa shape index (κ2) is 18.6. The van der Waals surface area contributed by atoms with Crippen molar-refractivity contribution in [3.63, 3.8) is 0 Å². The lowest BCUT2D eigenvalue weighted by atomic mass is 10.2. The zero-order valence-corrected chi connectivity index (χ0v) is 18.1. The topological polar surface area (TPSA) is 151 Å². The summed E-state index contributed by atoms with van der Waals surface area (Å²) < 4.78 is 32.8. The van der Waals surface area contributed by atoms with Crippen molar-refractivity contribution >= 4 is 10.4 Å². The molecule has 0 spiro atoms. The molecule has 0 atom stereocenters. The van der Waals surface area contributed by atoms with E-state index in [1.807, 2.05) is 0 Å². The normalized spacial score (nSPS) is 12.1. The number of aliphatic hydroxyl groups excluding tert-OH is 4. The standard InChI is InChI=1S/C15H35N2O4.C2H6O4S/c1-2-17(10-14-20,11-15-21)9-5-3-4-6-16(7-12-18)8-13-19;1-2-6-7(3,4)5/h18-21H,2-15H2,1H3;2H2,1H3,(H,3,4,5)/q+1;/p-1. The van der Waals surface area contributed by atoms with Gasteiger partial charge >= 0.3 is 0 Å². The number of nitrogens with zero attached hydrogens (tertiary/aromatic N) is 2. The molecule has 0 aromatic heterocycles. The van der Waals surface area contributed by atoms with Gasteiger partial charge in [0.05, 0.1) is 46.1 Å². The molecule has 0 saturated carbocycles. The van der Waals surface area contributed by atoms with Crippen LogP contribution in [0, 0.1) is 0 Å². The Hall–Kier alpha value is -0.370. The predicted octanol–water partition coefficient (Wildman–Crippen LogP) is -1.25. The van der Waals surface area contributed by atoms with Crippen LogP contribution in [0.15, 0.2) is 0 Å². The monoisotopic (exact) mass is 432 g/mol. The van der Waals surface area contributed by atoms with Crippen LogP contribution in [0.4, 0.5) is 0 Å². The molecule has 0 aliphatic carbocycles. The highest BCUT2D eigenvalue weighted by Crippen LogP contribution is 2.10. The molecule has 28 heavy (non-hydrogen) atoms. The first-order valence-electron chi connectivity index (χ1n) is 9.85. The summed E-state index contributed by atoms with van der Waals surface area (Å²) in [7, 11) is -4.42. The fourth-order valence-corrected chi connectivity index (χ4v) is 3.24. The van der Waals surface area contributed by atoms with Crippen molar-refractivity contribution in [3.8, 4) is 0 Å². The van der Waals surface area contributed by atoms with Crippen LogP contribution in [-0.2, 0) is 14.6 Å². The maximum Gasteiger partial charge on any atom is 0.217 e. The van der Waals surface area contributed by atoms with Crippen LogP contribution in [0.1, 0.15) is 33.1 Å². The SMILES string of the molecule is CCOS(=O)(=O)[O-].CC[N+](CCO)(CCO)CCCCCN(CCO)CCO. The summed E-state index contributed by atoms with van der Waals surface area (Å²) in [5, 5.41) is 36.3. The largest absolute Gasteiger partial charge is 0.726 e. The van der Waals surface area contributed by atoms with Gasteiger partial charge < -0.3 is 29.5 Å². The van der Waals surface area contributed by atoms with Gasteiger partial charge in [0.15, 0.2) is 0 Å². The third-order valence-corrected chi connectivity index (χ3v) is 5.05. The lowest BCUT2D eigenvalue weighted by Gasteiger charge is -2.37. The van der Waals surface area contributed by atoms with Crippen molar-refractivity contribution in [3.05, 3.63) is 0 Å². The summed E-state index contributed by atoms with van der Waals surface area (Å²) >= 11 is 0. The summed E-state index contributed by atoms with van der Waals surface area (Å²) in [5.41, 5.74) is 0. The van der Waals surface area contributed by atoms with Gasteiger partial charge in [-0.2, -0.15) is 0 Å². The van der Waals surface area contributed by atoms with Crippen LogP contribution in [-0.4, -0.2) is 122 Å². The maximum atomic E-state index is 9.45. The Labute approximate surface area is 169 Å². The molecule has 0 heterocycles. The lowest BCUT2D eigenvalue weighted by molar-refractivity contribution is -0.927. The summed E-state index contributed by atoms with van der Waals surface area (Å²) in [6, 6.07) is 0. The molecule has 0 aromatic carbocycles. The van der Waals surface area contributed by atoms with Gasteiger partial charge in [-0.25, -0.2) is 8.42 Å². The second-order valence-electron chi connectivity index (χ2n) is 6.44. The van der Waals surface area contributed by atoms with Crippen LogP contribution in [0.25, 0.3) is 0 Å². The number of quaternary nitrogens is 1. The van der Waals surface area contributed by atoms with Gasteiger partial charge in [-0.3, -0.25) is 9.08 Å². The van der Waals surface area contributed by atoms with Gasteiger partial charge in [-0.1, -0.05) is 0 Å². The summed E-state index contributed by atoms with van der Waals surface area (Å²) in [6.45, 7) is 9.48. The molecule has 0 radical (unpaired) electrons. The summed E-state index contributed by atoms with van der Waals surface area (Å²) in [6.07, 6.45) is 3.20. The molecule has 0 aliphatic heterocycles. The van der Waals surface area contributed by atoms with Crippen LogP contribution in [0.2, 0.25) is 0 Å². The van der Waals surface area contributed by atoms with Crippen molar-refractivity contribution in [1.82, 2.24) is 4.90 Å². The minimum absolute atomic E-state index is 0.0914. The quantitative estimate of drug-likeness (QED) is 0.0956. The van der Waals surface area contributed by atoms with Gasteiger partial charge in [0.1, 0.15) is 13.1 Å². The smallest absolute Gasteiger partial charge is 0.217 e. The lowest BCUT2D eigenvalue weighted by Crippen LogP contribution is -2.52. The average molecular weight is 433 g/mol. The molecule has 172 valence electrons. The number of likely N-dealkylation sites (N-methyl/N-ethyl adjacent to an activating group) is 1. The van der Waals surface area contributed by atoms with Crippen LogP contribution >= 0.6 is 0 Å². The number of rotatable bonds is 17. The van der Waals surface area contributed by atoms with Crippen molar-refractivity contribution in [2.45, 2.75) is 33.1 Å². The Balaban J connectivity index is 0. The van der Waals surface area contributed by atoms with E-state index in [1.54, 1.807) is 0 Å². The van der Waals surface area contributed by atoms with Crippen LogP contribution in [0.3, 0.4) is 0 Å². The van der Waals surface area contributed by atoms with Crippen molar-refractivity contribution in [2.75, 3.05) is 78.8 Å². The summed E-state index contributed by atoms with van der Waals surface area (Å²) in [5.74, 6) is 0. The van der Waals surface area contributed by atoms with E-state index in [-0.39, 0.29) is 33.0 Å². The van der Waals surface area contributed by atoms with Crippen molar-refractivity contribution in [2.24, 2.45) is 0 Å². The van der Waals surface area contributed by atoms with E-state index in [1.165, 1.54) is 6.92 Å². The van der Waals surface area contributed by atoms with Gasteiger partial charge in [-0.05, 0) is 39.7 Å². The third kappa shape index (κ3) is 17.7. The fraction of sp³-hybridized carbons (Fsp3) is 1.00. The zero-order chi connectivity index (χ0) is 21.9. The Kier molecular flexibility index (Phi) is 19.9. The Morgan fingerprint density at radius 3 is 1.68 bits per heavy atom. The molecule has 0 bridgehead atoms. The minimum Gasteiger partial charge on any atom is -0.726 e. The highest BCUT2D eigenvalue weighted by Gasteiger charge is 2.23. The Morgan fingerprint density at radius 1 is 0.821 bits per heavy atom. The molecule has 0 aliphatic rings. The second-order valence-corrected chi connectivity index (χ2v) is 7.49. The highest BCUT2D eigenvalue weighted by atomic mass is 32.3. The fourth-order valence-electron chi connectivity index (χ4n) is 2.96. The minimum atomic E-state index is -4.42. The van der Waals surface area contributed by atoms with E-state index in [9.17, 15) is 23.2 Å². The Morgan fingerprint density at radius 2 is 1.36 bits per heavy atom. The van der Waals surface area contributed by atoms with Crippen LogP contribution < -0.4 is 0 Å². The first-order chi connectivity index (χ1) is 13.2. The molecule has 4 N–H and O–H groups in total. The molecule has 0 amide bonds. The van der Waals surface area contributed by atoms with E-state index in [4.69, 9.17) is 10.2 Å². The first kappa shape index (κ1) is 29.8. The maximum absolute atomic E-state index is 9.45. The Bertz CT molecular complexity index is 425. The molecular formula is C17H40N2O8S. The third-order valence-electron chi connectivity index (χ3n) is 4.52. The van der Waals surface area contributed by atoms with E-state index in [2.05, 4.69) is 16.0 Å². The van der Waals surface area contributed by atoms with Crippen molar-refractivity contribution < 1.29 is 42.1 Å². The van der Waals surface area contributed by atoms with E-state index < -0.39 is 10.4 Å². The number of unbranched alkanes of at least 4 members (excludes halogenated alkanes) is 2. The number of hydrogen-bond acceptors (Lipinski definition) is 9. The van der Waals surface area contributed by atoms with Gasteiger partial charge in [-0.15, -0.1) is 0 Å². The molecular weight excluding hydrogens is 392 g/mol. The molecule has 0 unspecified atom stereocenters. The van der Waals surface area contributed by atoms with Gasteiger partial charge in [0, 0.05) is 13.1 Å². The first-order valence-corrected chi connectivity index (χ1v) is 11.2. The predicted molar refractivity (Wildman–Crippen MR) is 105 cm³/mol. The molecule has 0 fully saturated rings. The molecule has 11 heteroatoms. The highest BCUT2D eigenvalue weighted by molar-refractivity contribution is 7.80. The van der Waals surface area contributed by atoms with E-state index >= 15 is 0 Å². The summed E-state index contributed by atoms with van der Waals surface area (Å²) in [4.78, 5) is 2.07.